The number of rotatable bonds is 9. The highest BCUT2D eigenvalue weighted by molar-refractivity contribution is 5.89. The van der Waals surface area contributed by atoms with E-state index in [0.717, 1.165) is 0 Å². The summed E-state index contributed by atoms with van der Waals surface area (Å²) in [4.78, 5) is 45.4. The van der Waals surface area contributed by atoms with Crippen LogP contribution >= 0.6 is 0 Å². The molecule has 0 aromatic heterocycles. The van der Waals surface area contributed by atoms with Crippen molar-refractivity contribution in [3.8, 4) is 0 Å². The van der Waals surface area contributed by atoms with Crippen molar-refractivity contribution in [3.05, 3.63) is 0 Å². The lowest BCUT2D eigenvalue weighted by Crippen LogP contribution is -2.51. The van der Waals surface area contributed by atoms with Crippen LogP contribution in [0.15, 0.2) is 0 Å². The molecule has 0 fully saturated rings. The molecule has 0 aromatic carbocycles. The summed E-state index contributed by atoms with van der Waals surface area (Å²) in [5.74, 6) is -9.24. The van der Waals surface area contributed by atoms with Gasteiger partial charge in [-0.3, -0.25) is 9.59 Å². The molecule has 0 rings (SSSR count). The second kappa shape index (κ2) is 7.91. The van der Waals surface area contributed by atoms with Gasteiger partial charge in [-0.15, -0.1) is 0 Å². The minimum absolute atomic E-state index is 0.673. The number of carbonyl (C=O) groups is 4. The molecule has 0 spiro atoms. The minimum Gasteiger partial charge on any atom is -0.481 e. The van der Waals surface area contributed by atoms with Gasteiger partial charge in [0.15, 0.2) is 5.60 Å². The predicted molar refractivity (Wildman–Crippen MR) is 75.5 cm³/mol. The summed E-state index contributed by atoms with van der Waals surface area (Å²) >= 11 is 0. The molecule has 0 aliphatic carbocycles. The highest BCUT2D eigenvalue weighted by Gasteiger charge is 2.47. The van der Waals surface area contributed by atoms with Crippen molar-refractivity contribution >= 4 is 23.9 Å². The zero-order valence-electron chi connectivity index (χ0n) is 13.3. The lowest BCUT2D eigenvalue weighted by atomic mass is 9.86. The highest BCUT2D eigenvalue weighted by atomic mass is 16.6. The van der Waals surface area contributed by atoms with Crippen LogP contribution in [0.1, 0.15) is 34.1 Å². The zero-order chi connectivity index (χ0) is 18.5. The van der Waals surface area contributed by atoms with E-state index in [1.54, 1.807) is 0 Å². The van der Waals surface area contributed by atoms with Crippen molar-refractivity contribution in [2.75, 3.05) is 0 Å². The monoisotopic (exact) mass is 334 g/mol. The van der Waals surface area contributed by atoms with Gasteiger partial charge in [-0.05, 0) is 11.8 Å². The summed E-state index contributed by atoms with van der Waals surface area (Å²) in [6.07, 6.45) is -3.03. The van der Waals surface area contributed by atoms with E-state index >= 15 is 0 Å². The van der Waals surface area contributed by atoms with Gasteiger partial charge in [0.2, 0.25) is 6.10 Å². The number of carboxylic acids is 3. The fourth-order valence-electron chi connectivity index (χ4n) is 2.00. The normalized spacial score (nSPS) is 16.5. The van der Waals surface area contributed by atoms with Crippen molar-refractivity contribution in [3.63, 3.8) is 0 Å². The number of aliphatic hydroxyl groups is 1. The van der Waals surface area contributed by atoms with E-state index in [2.05, 4.69) is 0 Å². The van der Waals surface area contributed by atoms with Crippen LogP contribution in [0, 0.1) is 17.8 Å². The molecule has 0 aromatic rings. The molecule has 0 aliphatic rings. The van der Waals surface area contributed by atoms with Crippen molar-refractivity contribution in [2.24, 2.45) is 17.8 Å². The first kappa shape index (κ1) is 20.8. The summed E-state index contributed by atoms with van der Waals surface area (Å²) in [7, 11) is 0. The molecule has 23 heavy (non-hydrogen) atoms. The van der Waals surface area contributed by atoms with E-state index in [4.69, 9.17) is 20.1 Å². The molecule has 9 heteroatoms. The molecule has 3 atom stereocenters. The maximum Gasteiger partial charge on any atom is 0.345 e. The van der Waals surface area contributed by atoms with Crippen molar-refractivity contribution in [2.45, 2.75) is 45.8 Å². The van der Waals surface area contributed by atoms with Gasteiger partial charge in [0.05, 0.1) is 6.42 Å². The summed E-state index contributed by atoms with van der Waals surface area (Å²) in [5, 5.41) is 37.3. The largest absolute Gasteiger partial charge is 0.481 e. The SMILES string of the molecule is CC(C)C(C(=O)O)C(OC(=O)C(O)(CC(=O)O)C(C)C)C(=O)O. The number of aliphatic carboxylic acids is 3. The average molecular weight is 334 g/mol. The Kier molecular flexibility index (Phi) is 7.17. The Hall–Kier alpha value is -2.16. The quantitative estimate of drug-likeness (QED) is 0.432. The number of carbonyl (C=O) groups excluding carboxylic acids is 1. The first-order valence-corrected chi connectivity index (χ1v) is 6.95. The lowest BCUT2D eigenvalue weighted by Gasteiger charge is -2.31. The third kappa shape index (κ3) is 5.20. The summed E-state index contributed by atoms with van der Waals surface area (Å²) in [6, 6.07) is 0. The van der Waals surface area contributed by atoms with Gasteiger partial charge < -0.3 is 25.2 Å². The van der Waals surface area contributed by atoms with Gasteiger partial charge >= 0.3 is 23.9 Å². The molecule has 4 N–H and O–H groups in total. The van der Waals surface area contributed by atoms with Crippen LogP contribution in [-0.2, 0) is 23.9 Å². The zero-order valence-corrected chi connectivity index (χ0v) is 13.3. The highest BCUT2D eigenvalue weighted by Crippen LogP contribution is 2.27. The van der Waals surface area contributed by atoms with Gasteiger partial charge in [0.1, 0.15) is 5.92 Å². The fourth-order valence-corrected chi connectivity index (χ4v) is 2.00. The van der Waals surface area contributed by atoms with E-state index in [0.29, 0.717) is 0 Å². The van der Waals surface area contributed by atoms with Crippen molar-refractivity contribution in [1.82, 2.24) is 0 Å². The summed E-state index contributed by atoms with van der Waals surface area (Å²) in [6.45, 7) is 5.59. The molecule has 3 unspecified atom stereocenters. The predicted octanol–water partition coefficient (Wildman–Crippen LogP) is 0.201. The van der Waals surface area contributed by atoms with Crippen LogP contribution in [0.25, 0.3) is 0 Å². The molecule has 0 saturated heterocycles. The maximum atomic E-state index is 12.1. The second-order valence-electron chi connectivity index (χ2n) is 5.92. The van der Waals surface area contributed by atoms with Gasteiger partial charge in [-0.1, -0.05) is 27.7 Å². The first-order valence-electron chi connectivity index (χ1n) is 6.95. The van der Waals surface area contributed by atoms with Crippen LogP contribution in [0.3, 0.4) is 0 Å². The third-order valence-corrected chi connectivity index (χ3v) is 3.54. The smallest absolute Gasteiger partial charge is 0.345 e. The summed E-state index contributed by atoms with van der Waals surface area (Å²) in [5.41, 5.74) is -2.46. The molecular formula is C14H22O9. The maximum absolute atomic E-state index is 12.1. The van der Waals surface area contributed by atoms with E-state index < -0.39 is 59.8 Å². The van der Waals surface area contributed by atoms with Crippen LogP contribution < -0.4 is 0 Å². The average Bonchev–Trinajstić information content (AvgIpc) is 2.35. The topological polar surface area (TPSA) is 158 Å². The molecule has 0 bridgehead atoms. The van der Waals surface area contributed by atoms with Crippen LogP contribution in [-0.4, -0.2) is 56.0 Å². The molecule has 0 radical (unpaired) electrons. The summed E-state index contributed by atoms with van der Waals surface area (Å²) < 4.78 is 4.69. The molecule has 0 amide bonds. The van der Waals surface area contributed by atoms with E-state index in [-0.39, 0.29) is 0 Å². The first-order chi connectivity index (χ1) is 10.3. The van der Waals surface area contributed by atoms with Gasteiger partial charge in [-0.25, -0.2) is 9.59 Å². The Morgan fingerprint density at radius 1 is 0.957 bits per heavy atom. The Labute approximate surface area is 132 Å². The number of ether oxygens (including phenoxy) is 1. The Balaban J connectivity index is 5.58. The standard InChI is InChI=1S/C14H22O9/c1-6(2)9(11(17)18)10(12(19)20)23-13(21)14(22,7(3)4)5-8(15)16/h6-7,9-10,22H,5H2,1-4H3,(H,15,16)(H,17,18)(H,19,20). The Bertz CT molecular complexity index is 483. The van der Waals surface area contributed by atoms with Crippen LogP contribution in [0.4, 0.5) is 0 Å². The number of hydrogen-bond acceptors (Lipinski definition) is 6. The Morgan fingerprint density at radius 3 is 1.70 bits per heavy atom. The molecule has 0 aliphatic heterocycles. The fraction of sp³-hybridized carbons (Fsp3) is 0.714. The number of esters is 1. The lowest BCUT2D eigenvalue weighted by molar-refractivity contribution is -0.192. The van der Waals surface area contributed by atoms with Crippen molar-refractivity contribution < 1.29 is 44.3 Å². The second-order valence-corrected chi connectivity index (χ2v) is 5.92. The van der Waals surface area contributed by atoms with Crippen molar-refractivity contribution in [1.29, 1.82) is 0 Å². The van der Waals surface area contributed by atoms with E-state index in [1.165, 1.54) is 27.7 Å². The molecule has 0 saturated carbocycles. The number of carboxylic acid groups (broad SMARTS) is 3. The third-order valence-electron chi connectivity index (χ3n) is 3.54. The van der Waals surface area contributed by atoms with Gasteiger partial charge in [-0.2, -0.15) is 0 Å². The molecular weight excluding hydrogens is 312 g/mol. The minimum atomic E-state index is -2.46. The number of hydrogen-bond donors (Lipinski definition) is 4. The van der Waals surface area contributed by atoms with Crippen LogP contribution in [0.5, 0.6) is 0 Å². The molecule has 9 nitrogen and oxygen atoms in total. The Morgan fingerprint density at radius 2 is 1.43 bits per heavy atom. The van der Waals surface area contributed by atoms with E-state index in [9.17, 15) is 24.3 Å². The molecule has 132 valence electrons. The van der Waals surface area contributed by atoms with Gasteiger partial charge in [0, 0.05) is 0 Å². The van der Waals surface area contributed by atoms with Crippen LogP contribution in [0.2, 0.25) is 0 Å². The van der Waals surface area contributed by atoms with E-state index in [1.807, 2.05) is 0 Å². The molecule has 0 heterocycles. The van der Waals surface area contributed by atoms with Gasteiger partial charge in [0.25, 0.3) is 0 Å².